The van der Waals surface area contributed by atoms with Crippen molar-refractivity contribution in [1.29, 1.82) is 0 Å². The highest BCUT2D eigenvalue weighted by molar-refractivity contribution is 5.92. The number of benzene rings is 1. The van der Waals surface area contributed by atoms with Gasteiger partial charge >= 0.3 is 5.97 Å². The molecular formula is C17H20N4O4. The number of aromatic nitrogens is 3. The van der Waals surface area contributed by atoms with Crippen molar-refractivity contribution >= 4 is 11.9 Å². The fourth-order valence-electron chi connectivity index (χ4n) is 2.96. The molecule has 0 amide bonds. The molecule has 1 aliphatic rings. The number of ether oxygens (including phenoxy) is 3. The van der Waals surface area contributed by atoms with E-state index < -0.39 is 12.0 Å². The van der Waals surface area contributed by atoms with Crippen LogP contribution in [-0.4, -0.2) is 41.6 Å². The Morgan fingerprint density at radius 1 is 1.36 bits per heavy atom. The normalized spacial score (nSPS) is 16.1. The second-order valence-corrected chi connectivity index (χ2v) is 5.40. The lowest BCUT2D eigenvalue weighted by Gasteiger charge is -2.29. The molecule has 0 bridgehead atoms. The van der Waals surface area contributed by atoms with Gasteiger partial charge in [-0.25, -0.2) is 9.48 Å². The molecule has 0 unspecified atom stereocenters. The second-order valence-electron chi connectivity index (χ2n) is 5.40. The lowest BCUT2D eigenvalue weighted by Crippen LogP contribution is -2.29. The maximum absolute atomic E-state index is 12.5. The molecule has 0 saturated carbocycles. The highest BCUT2D eigenvalue weighted by Gasteiger charge is 2.36. The van der Waals surface area contributed by atoms with Crippen molar-refractivity contribution in [2.24, 2.45) is 0 Å². The molecule has 1 aromatic heterocycles. The highest BCUT2D eigenvalue weighted by atomic mass is 16.5. The fourth-order valence-corrected chi connectivity index (χ4v) is 2.96. The quantitative estimate of drug-likeness (QED) is 0.832. The van der Waals surface area contributed by atoms with E-state index in [-0.39, 0.29) is 0 Å². The number of anilines is 1. The number of nitrogens with zero attached hydrogens (tertiary/aromatic N) is 3. The number of carbonyl (C=O) groups is 1. The van der Waals surface area contributed by atoms with Crippen molar-refractivity contribution in [2.75, 3.05) is 26.1 Å². The molecule has 132 valence electrons. The van der Waals surface area contributed by atoms with Gasteiger partial charge in [0, 0.05) is 11.3 Å². The summed E-state index contributed by atoms with van der Waals surface area (Å²) < 4.78 is 17.9. The van der Waals surface area contributed by atoms with Crippen LogP contribution in [-0.2, 0) is 9.53 Å². The summed E-state index contributed by atoms with van der Waals surface area (Å²) in [5.74, 6) is 1.25. The first-order valence-electron chi connectivity index (χ1n) is 7.87. The second kappa shape index (κ2) is 6.84. The van der Waals surface area contributed by atoms with Crippen LogP contribution in [0.4, 0.5) is 5.95 Å². The third kappa shape index (κ3) is 2.79. The van der Waals surface area contributed by atoms with Gasteiger partial charge in [-0.1, -0.05) is 12.1 Å². The fraction of sp³-hybridized carbons (Fsp3) is 0.353. The first kappa shape index (κ1) is 16.8. The molecule has 1 atom stereocenters. The Kier molecular flexibility index (Phi) is 4.60. The van der Waals surface area contributed by atoms with Crippen LogP contribution in [0.2, 0.25) is 0 Å². The number of hydrogen-bond donors (Lipinski definition) is 1. The predicted molar refractivity (Wildman–Crippen MR) is 90.7 cm³/mol. The smallest absolute Gasteiger partial charge is 0.338 e. The van der Waals surface area contributed by atoms with Gasteiger partial charge in [-0.3, -0.25) is 0 Å². The zero-order valence-corrected chi connectivity index (χ0v) is 14.6. The van der Waals surface area contributed by atoms with Crippen LogP contribution >= 0.6 is 0 Å². The average molecular weight is 344 g/mol. The molecule has 0 fully saturated rings. The minimum Gasteiger partial charge on any atom is -0.493 e. The van der Waals surface area contributed by atoms with E-state index in [9.17, 15) is 4.79 Å². The van der Waals surface area contributed by atoms with Gasteiger partial charge in [0.25, 0.3) is 0 Å². The van der Waals surface area contributed by atoms with Crippen molar-refractivity contribution in [3.8, 4) is 11.5 Å². The van der Waals surface area contributed by atoms with Crippen LogP contribution in [0.25, 0.3) is 0 Å². The molecule has 1 N–H and O–H groups in total. The molecule has 8 nitrogen and oxygen atoms in total. The molecule has 8 heteroatoms. The van der Waals surface area contributed by atoms with Crippen LogP contribution in [0, 0.1) is 0 Å². The molecule has 2 aromatic rings. The molecule has 0 saturated heterocycles. The van der Waals surface area contributed by atoms with Crippen LogP contribution in [0.15, 0.2) is 35.8 Å². The Hall–Kier alpha value is -3.03. The zero-order chi connectivity index (χ0) is 18.0. The number of hydrogen-bond acceptors (Lipinski definition) is 7. The number of para-hydroxylation sites is 1. The maximum Gasteiger partial charge on any atom is 0.338 e. The summed E-state index contributed by atoms with van der Waals surface area (Å²) in [5.41, 5.74) is 1.84. The number of nitrogens with one attached hydrogen (secondary N) is 1. The molecule has 0 radical (unpaired) electrons. The Labute approximate surface area is 145 Å². The van der Waals surface area contributed by atoms with E-state index in [4.69, 9.17) is 14.2 Å². The van der Waals surface area contributed by atoms with Gasteiger partial charge < -0.3 is 19.5 Å². The lowest BCUT2D eigenvalue weighted by atomic mass is 9.94. The standard InChI is InChI=1S/C17H20N4O4/c1-5-25-15-11(7-6-8-12(15)23-3)14-13(16(22)24-4)10(2)20-17-18-9-19-21(14)17/h6-9,14H,5H2,1-4H3,(H,18,19,20)/t14-/m0/s1. The maximum atomic E-state index is 12.5. The first-order valence-corrected chi connectivity index (χ1v) is 7.87. The van der Waals surface area contributed by atoms with Crippen molar-refractivity contribution in [3.63, 3.8) is 0 Å². The number of rotatable bonds is 5. The minimum absolute atomic E-state index is 0.440. The number of esters is 1. The largest absolute Gasteiger partial charge is 0.493 e. The molecule has 0 spiro atoms. The lowest BCUT2D eigenvalue weighted by molar-refractivity contribution is -0.136. The van der Waals surface area contributed by atoms with Crippen LogP contribution in [0.5, 0.6) is 11.5 Å². The van der Waals surface area contributed by atoms with E-state index in [1.807, 2.05) is 25.1 Å². The van der Waals surface area contributed by atoms with Gasteiger partial charge in [0.1, 0.15) is 12.4 Å². The number of methoxy groups -OCH3 is 2. The molecule has 1 aliphatic heterocycles. The van der Waals surface area contributed by atoms with Crippen molar-refractivity contribution in [2.45, 2.75) is 19.9 Å². The molecule has 0 aliphatic carbocycles. The minimum atomic E-state index is -0.539. The summed E-state index contributed by atoms with van der Waals surface area (Å²) in [4.78, 5) is 16.7. The summed E-state index contributed by atoms with van der Waals surface area (Å²) >= 11 is 0. The van der Waals surface area contributed by atoms with Gasteiger partial charge in [0.05, 0.1) is 26.4 Å². The van der Waals surface area contributed by atoms with Crippen molar-refractivity contribution in [1.82, 2.24) is 14.8 Å². The highest BCUT2D eigenvalue weighted by Crippen LogP contribution is 2.42. The number of fused-ring (bicyclic) bond motifs is 1. The Morgan fingerprint density at radius 3 is 2.84 bits per heavy atom. The van der Waals surface area contributed by atoms with Crippen LogP contribution < -0.4 is 14.8 Å². The van der Waals surface area contributed by atoms with E-state index in [1.54, 1.807) is 18.7 Å². The van der Waals surface area contributed by atoms with Crippen LogP contribution in [0.1, 0.15) is 25.5 Å². The third-order valence-corrected chi connectivity index (χ3v) is 4.01. The van der Waals surface area contributed by atoms with Crippen molar-refractivity contribution in [3.05, 3.63) is 41.4 Å². The van der Waals surface area contributed by atoms with Gasteiger partial charge in [0.2, 0.25) is 5.95 Å². The Balaban J connectivity index is 2.25. The molecule has 25 heavy (non-hydrogen) atoms. The molecule has 2 heterocycles. The van der Waals surface area contributed by atoms with Gasteiger partial charge in [-0.2, -0.15) is 10.1 Å². The Morgan fingerprint density at radius 2 is 2.16 bits per heavy atom. The van der Waals surface area contributed by atoms with E-state index in [1.165, 1.54) is 13.4 Å². The molecule has 1 aromatic carbocycles. The van der Waals surface area contributed by atoms with Crippen LogP contribution in [0.3, 0.4) is 0 Å². The zero-order valence-electron chi connectivity index (χ0n) is 14.6. The summed E-state index contributed by atoms with van der Waals surface area (Å²) in [6, 6.07) is 5.00. The van der Waals surface area contributed by atoms with Gasteiger partial charge in [-0.05, 0) is 19.9 Å². The van der Waals surface area contributed by atoms with E-state index >= 15 is 0 Å². The Bertz CT molecular complexity index is 828. The van der Waals surface area contributed by atoms with Crippen molar-refractivity contribution < 1.29 is 19.0 Å². The molecule has 3 rings (SSSR count). The number of carbonyl (C=O) groups excluding carboxylic acids is 1. The average Bonchev–Trinajstić information content (AvgIpc) is 3.08. The summed E-state index contributed by atoms with van der Waals surface area (Å²) in [5, 5.41) is 7.36. The summed E-state index contributed by atoms with van der Waals surface area (Å²) in [7, 11) is 2.93. The summed E-state index contributed by atoms with van der Waals surface area (Å²) in [6.45, 7) is 4.15. The third-order valence-electron chi connectivity index (χ3n) is 4.01. The monoisotopic (exact) mass is 344 g/mol. The van der Waals surface area contributed by atoms with E-state index in [0.717, 1.165) is 5.56 Å². The predicted octanol–water partition coefficient (Wildman–Crippen LogP) is 2.15. The summed E-state index contributed by atoms with van der Waals surface area (Å²) in [6.07, 6.45) is 1.43. The van der Waals surface area contributed by atoms with E-state index in [0.29, 0.717) is 35.3 Å². The van der Waals surface area contributed by atoms with E-state index in [2.05, 4.69) is 15.4 Å². The number of allylic oxidation sites excluding steroid dienone is 1. The topological polar surface area (TPSA) is 87.5 Å². The van der Waals surface area contributed by atoms with Gasteiger partial charge in [0.15, 0.2) is 11.5 Å². The SMILES string of the molecule is CCOc1c(OC)cccc1[C@H]1C(C(=O)OC)=C(C)Nc2ncnn21. The first-order chi connectivity index (χ1) is 12.1. The molecular weight excluding hydrogens is 324 g/mol. The van der Waals surface area contributed by atoms with Gasteiger partial charge in [-0.15, -0.1) is 0 Å².